The van der Waals surface area contributed by atoms with Gasteiger partial charge in [0.15, 0.2) is 17.3 Å². The van der Waals surface area contributed by atoms with Crippen molar-refractivity contribution in [1.29, 1.82) is 0 Å². The molecule has 3 aromatic carbocycles. The summed E-state index contributed by atoms with van der Waals surface area (Å²) in [5, 5.41) is 2.09. The van der Waals surface area contributed by atoms with Gasteiger partial charge in [0.05, 0.1) is 5.92 Å². The van der Waals surface area contributed by atoms with Crippen molar-refractivity contribution in [2.45, 2.75) is 5.92 Å². The number of aromatic nitrogens is 2. The van der Waals surface area contributed by atoms with Crippen LogP contribution in [0.1, 0.15) is 27.4 Å². The number of ketones is 1. The Morgan fingerprint density at radius 1 is 0.767 bits per heavy atom. The van der Waals surface area contributed by atoms with Crippen molar-refractivity contribution in [2.75, 3.05) is 6.79 Å². The summed E-state index contributed by atoms with van der Waals surface area (Å²) < 4.78 is 10.9. The largest absolute Gasteiger partial charge is 0.454 e. The molecular formula is C25H18N2O3. The number of carbonyl (C=O) groups excluding carboxylic acids is 1. The number of para-hydroxylation sites is 2. The van der Waals surface area contributed by atoms with E-state index in [0.717, 1.165) is 32.9 Å². The molecule has 0 saturated heterocycles. The van der Waals surface area contributed by atoms with Gasteiger partial charge in [0.25, 0.3) is 0 Å². The Balaban J connectivity index is 1.56. The van der Waals surface area contributed by atoms with Gasteiger partial charge in [-0.15, -0.1) is 0 Å². The SMILES string of the molecule is O=C(c1ccc2c(c1)OCO2)C(c1c[nH]c2ccccc12)c1c[nH]c2ccccc12. The minimum Gasteiger partial charge on any atom is -0.454 e. The summed E-state index contributed by atoms with van der Waals surface area (Å²) >= 11 is 0. The van der Waals surface area contributed by atoms with Crippen molar-refractivity contribution < 1.29 is 14.3 Å². The van der Waals surface area contributed by atoms with Crippen molar-refractivity contribution in [1.82, 2.24) is 9.97 Å². The first-order chi connectivity index (χ1) is 14.8. The van der Waals surface area contributed by atoms with Crippen LogP contribution in [0.25, 0.3) is 21.8 Å². The van der Waals surface area contributed by atoms with Gasteiger partial charge >= 0.3 is 0 Å². The van der Waals surface area contributed by atoms with E-state index in [1.807, 2.05) is 54.9 Å². The van der Waals surface area contributed by atoms with E-state index in [0.29, 0.717) is 17.1 Å². The molecule has 6 rings (SSSR count). The molecule has 30 heavy (non-hydrogen) atoms. The Bertz CT molecular complexity index is 1340. The molecule has 146 valence electrons. The smallest absolute Gasteiger partial charge is 0.231 e. The molecule has 5 aromatic rings. The number of aromatic amines is 2. The second kappa shape index (κ2) is 6.52. The van der Waals surface area contributed by atoms with Gasteiger partial charge < -0.3 is 19.4 Å². The molecular weight excluding hydrogens is 376 g/mol. The number of hydrogen-bond acceptors (Lipinski definition) is 3. The molecule has 0 atom stereocenters. The van der Waals surface area contributed by atoms with Gasteiger partial charge in [0.2, 0.25) is 6.79 Å². The first kappa shape index (κ1) is 16.9. The molecule has 0 amide bonds. The minimum absolute atomic E-state index is 0.0165. The third-order valence-corrected chi connectivity index (χ3v) is 5.78. The number of H-pyrrole nitrogens is 2. The number of hydrogen-bond donors (Lipinski definition) is 2. The summed E-state index contributed by atoms with van der Waals surface area (Å²) in [6, 6.07) is 21.5. The van der Waals surface area contributed by atoms with E-state index in [1.54, 1.807) is 12.1 Å². The zero-order valence-electron chi connectivity index (χ0n) is 16.0. The monoisotopic (exact) mass is 394 g/mol. The van der Waals surface area contributed by atoms with Gasteiger partial charge in [-0.1, -0.05) is 36.4 Å². The molecule has 0 aliphatic carbocycles. The predicted molar refractivity (Wildman–Crippen MR) is 115 cm³/mol. The van der Waals surface area contributed by atoms with Gasteiger partial charge in [-0.05, 0) is 41.5 Å². The van der Waals surface area contributed by atoms with Gasteiger partial charge in [0, 0.05) is 39.8 Å². The highest BCUT2D eigenvalue weighted by Gasteiger charge is 2.30. The third kappa shape index (κ3) is 2.52. The summed E-state index contributed by atoms with van der Waals surface area (Å²) in [7, 11) is 0. The molecule has 1 aliphatic rings. The van der Waals surface area contributed by atoms with Gasteiger partial charge in [-0.2, -0.15) is 0 Å². The lowest BCUT2D eigenvalue weighted by Gasteiger charge is -2.16. The number of nitrogens with one attached hydrogen (secondary N) is 2. The zero-order valence-corrected chi connectivity index (χ0v) is 16.0. The molecule has 2 aromatic heterocycles. The average molecular weight is 394 g/mol. The molecule has 5 heteroatoms. The van der Waals surface area contributed by atoms with Crippen LogP contribution in [0.5, 0.6) is 11.5 Å². The number of carbonyl (C=O) groups is 1. The lowest BCUT2D eigenvalue weighted by atomic mass is 9.84. The number of fused-ring (bicyclic) bond motifs is 3. The maximum atomic E-state index is 13.9. The second-order valence-corrected chi connectivity index (χ2v) is 7.44. The lowest BCUT2D eigenvalue weighted by Crippen LogP contribution is -2.14. The van der Waals surface area contributed by atoms with Crippen LogP contribution in [0.4, 0.5) is 0 Å². The van der Waals surface area contributed by atoms with E-state index in [4.69, 9.17) is 9.47 Å². The van der Waals surface area contributed by atoms with Crippen LogP contribution in [0, 0.1) is 0 Å². The van der Waals surface area contributed by atoms with Gasteiger partial charge in [-0.3, -0.25) is 4.79 Å². The standard InChI is InChI=1S/C25H18N2O3/c28-25(15-9-10-22-23(11-15)30-14-29-22)24(18-12-26-20-7-3-1-5-16(18)20)19-13-27-21-8-4-2-6-17(19)21/h1-13,24,26-27H,14H2. The highest BCUT2D eigenvalue weighted by Crippen LogP contribution is 2.39. The van der Waals surface area contributed by atoms with Crippen molar-refractivity contribution in [3.8, 4) is 11.5 Å². The normalized spacial score (nSPS) is 12.8. The van der Waals surface area contributed by atoms with E-state index in [-0.39, 0.29) is 12.6 Å². The van der Waals surface area contributed by atoms with Crippen molar-refractivity contribution >= 4 is 27.6 Å². The number of ether oxygens (including phenoxy) is 2. The minimum atomic E-state index is -0.460. The maximum Gasteiger partial charge on any atom is 0.231 e. The molecule has 0 spiro atoms. The topological polar surface area (TPSA) is 67.1 Å². The summed E-state index contributed by atoms with van der Waals surface area (Å²) in [5.74, 6) is 0.834. The molecule has 0 bridgehead atoms. The molecule has 5 nitrogen and oxygen atoms in total. The van der Waals surface area contributed by atoms with E-state index >= 15 is 0 Å². The van der Waals surface area contributed by atoms with Crippen molar-refractivity contribution in [3.63, 3.8) is 0 Å². The fraction of sp³-hybridized carbons (Fsp3) is 0.0800. The summed E-state index contributed by atoms with van der Waals surface area (Å²) in [4.78, 5) is 20.5. The first-order valence-electron chi connectivity index (χ1n) is 9.85. The van der Waals surface area contributed by atoms with Crippen LogP contribution in [-0.4, -0.2) is 22.5 Å². The van der Waals surface area contributed by atoms with Crippen LogP contribution >= 0.6 is 0 Å². The fourth-order valence-corrected chi connectivity index (χ4v) is 4.33. The Hall–Kier alpha value is -3.99. The summed E-state index contributed by atoms with van der Waals surface area (Å²) in [5.41, 5.74) is 4.53. The molecule has 1 aliphatic heterocycles. The Labute approximate surface area is 172 Å². The van der Waals surface area contributed by atoms with Crippen molar-refractivity contribution in [2.24, 2.45) is 0 Å². The number of Topliss-reactive ketones (excluding diaryl/α,β-unsaturated/α-hetero) is 1. The van der Waals surface area contributed by atoms with Crippen LogP contribution in [0.15, 0.2) is 79.1 Å². The van der Waals surface area contributed by atoms with Gasteiger partial charge in [-0.25, -0.2) is 0 Å². The Morgan fingerprint density at radius 2 is 1.37 bits per heavy atom. The molecule has 2 N–H and O–H groups in total. The molecule has 0 saturated carbocycles. The summed E-state index contributed by atoms with van der Waals surface area (Å²) in [6.07, 6.45) is 3.89. The van der Waals surface area contributed by atoms with E-state index < -0.39 is 5.92 Å². The van der Waals surface area contributed by atoms with Crippen LogP contribution in [0.3, 0.4) is 0 Å². The Morgan fingerprint density at radius 3 is 2.03 bits per heavy atom. The van der Waals surface area contributed by atoms with Gasteiger partial charge in [0.1, 0.15) is 0 Å². The number of benzene rings is 3. The maximum absolute atomic E-state index is 13.9. The van der Waals surface area contributed by atoms with E-state index in [2.05, 4.69) is 22.1 Å². The predicted octanol–water partition coefficient (Wildman–Crippen LogP) is 5.39. The summed E-state index contributed by atoms with van der Waals surface area (Å²) in [6.45, 7) is 0.182. The highest BCUT2D eigenvalue weighted by atomic mass is 16.7. The van der Waals surface area contributed by atoms with Crippen LogP contribution < -0.4 is 9.47 Å². The fourth-order valence-electron chi connectivity index (χ4n) is 4.33. The Kier molecular flexibility index (Phi) is 3.68. The third-order valence-electron chi connectivity index (χ3n) is 5.78. The van der Waals surface area contributed by atoms with Crippen LogP contribution in [-0.2, 0) is 0 Å². The van der Waals surface area contributed by atoms with E-state index in [9.17, 15) is 4.79 Å². The highest BCUT2D eigenvalue weighted by molar-refractivity contribution is 6.08. The molecule has 0 unspecified atom stereocenters. The zero-order chi connectivity index (χ0) is 20.1. The molecule has 3 heterocycles. The lowest BCUT2D eigenvalue weighted by molar-refractivity contribution is 0.0974. The van der Waals surface area contributed by atoms with E-state index in [1.165, 1.54) is 0 Å². The molecule has 0 radical (unpaired) electrons. The number of rotatable bonds is 4. The average Bonchev–Trinajstić information content (AvgIpc) is 3.52. The van der Waals surface area contributed by atoms with Crippen molar-refractivity contribution in [3.05, 3.63) is 95.8 Å². The second-order valence-electron chi connectivity index (χ2n) is 7.44. The first-order valence-corrected chi connectivity index (χ1v) is 9.85. The molecule has 0 fully saturated rings. The van der Waals surface area contributed by atoms with Crippen LogP contribution in [0.2, 0.25) is 0 Å². The quantitative estimate of drug-likeness (QED) is 0.402.